The number of amides is 2. The van der Waals surface area contributed by atoms with E-state index in [1.165, 1.54) is 4.90 Å². The predicted octanol–water partition coefficient (Wildman–Crippen LogP) is 2.89. The Kier molecular flexibility index (Phi) is 6.45. The average Bonchev–Trinajstić information content (AvgIpc) is 2.68. The number of hydrogen-bond acceptors (Lipinski definition) is 3. The van der Waals surface area contributed by atoms with E-state index in [0.29, 0.717) is 50.0 Å². The maximum atomic E-state index is 14.0. The van der Waals surface area contributed by atoms with Gasteiger partial charge in [0.25, 0.3) is 5.91 Å². The monoisotopic (exact) mass is 415 g/mol. The van der Waals surface area contributed by atoms with Gasteiger partial charge in [0.2, 0.25) is 5.91 Å². The summed E-state index contributed by atoms with van der Waals surface area (Å²) in [6.45, 7) is 3.24. The van der Waals surface area contributed by atoms with Gasteiger partial charge in [0, 0.05) is 25.6 Å². The molecular weight excluding hydrogens is 390 g/mol. The minimum atomic E-state index is -4.63. The van der Waals surface area contributed by atoms with Crippen LogP contribution >= 0.6 is 0 Å². The lowest BCUT2D eigenvalue weighted by molar-refractivity contribution is -0.137. The summed E-state index contributed by atoms with van der Waals surface area (Å²) in [6, 6.07) is 1.92. The number of hydrogen-bond donors (Lipinski definition) is 1. The summed E-state index contributed by atoms with van der Waals surface area (Å²) in [5.41, 5.74) is 3.78. The molecule has 160 valence electrons. The molecule has 0 spiro atoms. The molecule has 0 radical (unpaired) electrons. The largest absolute Gasteiger partial charge is 0.416 e. The van der Waals surface area contributed by atoms with Crippen LogP contribution in [0.15, 0.2) is 18.2 Å². The van der Waals surface area contributed by atoms with Crippen molar-refractivity contribution in [2.24, 2.45) is 17.6 Å². The van der Waals surface area contributed by atoms with E-state index in [-0.39, 0.29) is 11.8 Å². The highest BCUT2D eigenvalue weighted by atomic mass is 19.4. The molecule has 2 aliphatic heterocycles. The molecule has 2 saturated heterocycles. The van der Waals surface area contributed by atoms with Gasteiger partial charge >= 0.3 is 6.18 Å². The SMILES string of the molecule is NC(=O)C1CCN(CC2CCN(C(=O)c3cc(C(F)(F)F)ccc3F)CC2)CC1. The Labute approximate surface area is 166 Å². The van der Waals surface area contributed by atoms with Crippen molar-refractivity contribution in [3.63, 3.8) is 0 Å². The topological polar surface area (TPSA) is 66.6 Å². The second-order valence-electron chi connectivity index (χ2n) is 7.91. The number of nitrogens with two attached hydrogens (primary N) is 1. The summed E-state index contributed by atoms with van der Waals surface area (Å²) in [6.07, 6.45) is -1.70. The fourth-order valence-corrected chi connectivity index (χ4v) is 4.12. The quantitative estimate of drug-likeness (QED) is 0.769. The van der Waals surface area contributed by atoms with E-state index in [1.807, 2.05) is 0 Å². The average molecular weight is 415 g/mol. The van der Waals surface area contributed by atoms with E-state index in [2.05, 4.69) is 4.90 Å². The van der Waals surface area contributed by atoms with E-state index in [4.69, 9.17) is 5.73 Å². The van der Waals surface area contributed by atoms with E-state index >= 15 is 0 Å². The van der Waals surface area contributed by atoms with Gasteiger partial charge in [0.15, 0.2) is 0 Å². The minimum Gasteiger partial charge on any atom is -0.369 e. The van der Waals surface area contributed by atoms with Gasteiger partial charge in [0.05, 0.1) is 11.1 Å². The van der Waals surface area contributed by atoms with E-state index < -0.39 is 29.0 Å². The van der Waals surface area contributed by atoms with Crippen molar-refractivity contribution >= 4 is 11.8 Å². The molecule has 0 saturated carbocycles. The number of piperidine rings is 2. The van der Waals surface area contributed by atoms with E-state index in [0.717, 1.165) is 32.5 Å². The minimum absolute atomic E-state index is 0.0620. The molecule has 1 aromatic carbocycles. The molecule has 0 atom stereocenters. The van der Waals surface area contributed by atoms with Gasteiger partial charge in [0.1, 0.15) is 5.82 Å². The fourth-order valence-electron chi connectivity index (χ4n) is 4.12. The van der Waals surface area contributed by atoms with Gasteiger partial charge in [-0.3, -0.25) is 9.59 Å². The predicted molar refractivity (Wildman–Crippen MR) is 98.4 cm³/mol. The van der Waals surface area contributed by atoms with Crippen molar-refractivity contribution in [3.05, 3.63) is 35.1 Å². The van der Waals surface area contributed by atoms with Gasteiger partial charge < -0.3 is 15.5 Å². The zero-order valence-electron chi connectivity index (χ0n) is 16.1. The second-order valence-corrected chi connectivity index (χ2v) is 7.91. The van der Waals surface area contributed by atoms with Crippen molar-refractivity contribution in [1.29, 1.82) is 0 Å². The Morgan fingerprint density at radius 1 is 1.03 bits per heavy atom. The normalized spacial score (nSPS) is 20.1. The molecule has 2 amide bonds. The number of rotatable bonds is 4. The molecule has 2 fully saturated rings. The van der Waals surface area contributed by atoms with Crippen molar-refractivity contribution in [1.82, 2.24) is 9.80 Å². The van der Waals surface area contributed by atoms with Gasteiger partial charge in [-0.2, -0.15) is 13.2 Å². The number of primary amides is 1. The summed E-state index contributed by atoms with van der Waals surface area (Å²) in [5.74, 6) is -1.60. The van der Waals surface area contributed by atoms with Crippen LogP contribution in [0, 0.1) is 17.7 Å². The van der Waals surface area contributed by atoms with Crippen molar-refractivity contribution < 1.29 is 27.2 Å². The highest BCUT2D eigenvalue weighted by molar-refractivity contribution is 5.94. The molecule has 5 nitrogen and oxygen atoms in total. The number of alkyl halides is 3. The molecule has 2 N–H and O–H groups in total. The van der Waals surface area contributed by atoms with Crippen LogP contribution < -0.4 is 5.73 Å². The second kappa shape index (κ2) is 8.69. The molecule has 0 aromatic heterocycles. The number of benzene rings is 1. The Morgan fingerprint density at radius 3 is 2.21 bits per heavy atom. The zero-order valence-corrected chi connectivity index (χ0v) is 16.1. The van der Waals surface area contributed by atoms with E-state index in [9.17, 15) is 27.2 Å². The molecule has 0 unspecified atom stereocenters. The van der Waals surface area contributed by atoms with Gasteiger partial charge in [-0.15, -0.1) is 0 Å². The van der Waals surface area contributed by atoms with Crippen LogP contribution in [-0.2, 0) is 11.0 Å². The molecule has 2 aliphatic rings. The molecule has 29 heavy (non-hydrogen) atoms. The van der Waals surface area contributed by atoms with Crippen LogP contribution in [0.5, 0.6) is 0 Å². The third kappa shape index (κ3) is 5.26. The summed E-state index contributed by atoms with van der Waals surface area (Å²) < 4.78 is 52.6. The molecule has 3 rings (SSSR count). The summed E-state index contributed by atoms with van der Waals surface area (Å²) in [7, 11) is 0. The van der Waals surface area contributed by atoms with Crippen LogP contribution in [0.25, 0.3) is 0 Å². The number of carbonyl (C=O) groups excluding carboxylic acids is 2. The smallest absolute Gasteiger partial charge is 0.369 e. The van der Waals surface area contributed by atoms with Crippen molar-refractivity contribution in [2.75, 3.05) is 32.7 Å². The fraction of sp³-hybridized carbons (Fsp3) is 0.600. The lowest BCUT2D eigenvalue weighted by Crippen LogP contribution is -2.44. The number of likely N-dealkylation sites (tertiary alicyclic amines) is 2. The molecule has 9 heteroatoms. The Bertz CT molecular complexity index is 753. The standard InChI is InChI=1S/C20H25F4N3O2/c21-17-2-1-15(20(22,23)24)11-16(17)19(29)27-9-3-13(4-10-27)12-26-7-5-14(6-8-26)18(25)28/h1-2,11,13-14H,3-10,12H2,(H2,25,28). The van der Waals surface area contributed by atoms with Crippen LogP contribution in [0.1, 0.15) is 41.6 Å². The van der Waals surface area contributed by atoms with Gasteiger partial charge in [-0.25, -0.2) is 4.39 Å². The van der Waals surface area contributed by atoms with Crippen LogP contribution in [0.2, 0.25) is 0 Å². The first-order valence-corrected chi connectivity index (χ1v) is 9.83. The van der Waals surface area contributed by atoms with Crippen LogP contribution in [0.3, 0.4) is 0 Å². The van der Waals surface area contributed by atoms with E-state index in [1.54, 1.807) is 0 Å². The third-order valence-electron chi connectivity index (χ3n) is 5.93. The first-order chi connectivity index (χ1) is 13.6. The maximum Gasteiger partial charge on any atom is 0.416 e. The summed E-state index contributed by atoms with van der Waals surface area (Å²) >= 11 is 0. The molecule has 1 aromatic rings. The van der Waals surface area contributed by atoms with Crippen LogP contribution in [-0.4, -0.2) is 54.3 Å². The van der Waals surface area contributed by atoms with Gasteiger partial charge in [-0.05, 0) is 62.9 Å². The summed E-state index contributed by atoms with van der Waals surface area (Å²) in [4.78, 5) is 27.5. The lowest BCUT2D eigenvalue weighted by atomic mass is 9.92. The third-order valence-corrected chi connectivity index (χ3v) is 5.93. The van der Waals surface area contributed by atoms with Gasteiger partial charge in [-0.1, -0.05) is 0 Å². The molecule has 2 heterocycles. The number of carbonyl (C=O) groups is 2. The Morgan fingerprint density at radius 2 is 1.66 bits per heavy atom. The first kappa shape index (κ1) is 21.5. The first-order valence-electron chi connectivity index (χ1n) is 9.83. The molecular formula is C20H25F4N3O2. The Hall–Kier alpha value is -2.16. The zero-order chi connectivity index (χ0) is 21.2. The highest BCUT2D eigenvalue weighted by Crippen LogP contribution is 2.31. The number of nitrogens with zero attached hydrogens (tertiary/aromatic N) is 2. The lowest BCUT2D eigenvalue weighted by Gasteiger charge is -2.37. The maximum absolute atomic E-state index is 14.0. The highest BCUT2D eigenvalue weighted by Gasteiger charge is 2.33. The van der Waals surface area contributed by atoms with Crippen molar-refractivity contribution in [2.45, 2.75) is 31.9 Å². The van der Waals surface area contributed by atoms with Crippen molar-refractivity contribution in [3.8, 4) is 0 Å². The summed E-state index contributed by atoms with van der Waals surface area (Å²) in [5, 5.41) is 0. The van der Waals surface area contributed by atoms with Crippen LogP contribution in [0.4, 0.5) is 17.6 Å². The molecule has 0 bridgehead atoms. The number of halogens is 4. The Balaban J connectivity index is 1.53. The molecule has 0 aliphatic carbocycles.